The number of pyridine rings is 2. The molecule has 0 amide bonds. The largest absolute Gasteiger partial charge is 0.471 e. The van der Waals surface area contributed by atoms with Crippen LogP contribution in [0.5, 0.6) is 5.88 Å². The number of hydrogen-bond acceptors (Lipinski definition) is 5. The van der Waals surface area contributed by atoms with E-state index < -0.39 is 0 Å². The summed E-state index contributed by atoms with van der Waals surface area (Å²) >= 11 is 0. The van der Waals surface area contributed by atoms with E-state index in [1.165, 1.54) is 66.3 Å². The summed E-state index contributed by atoms with van der Waals surface area (Å²) in [5.41, 5.74) is 9.87. The highest BCUT2D eigenvalue weighted by Gasteiger charge is 2.22. The van der Waals surface area contributed by atoms with E-state index in [1.54, 1.807) is 6.33 Å². The third-order valence-electron chi connectivity index (χ3n) is 8.71. The van der Waals surface area contributed by atoms with Gasteiger partial charge in [0.25, 0.3) is 0 Å². The quantitative estimate of drug-likeness (QED) is 0.222. The van der Waals surface area contributed by atoms with Crippen LogP contribution in [0.3, 0.4) is 0 Å². The molecule has 0 bridgehead atoms. The Bertz CT molecular complexity index is 1650. The predicted molar refractivity (Wildman–Crippen MR) is 158 cm³/mol. The Hall–Kier alpha value is -4.12. The average Bonchev–Trinajstić information content (AvgIpc) is 3.01. The van der Waals surface area contributed by atoms with Crippen LogP contribution in [-0.4, -0.2) is 19.9 Å². The van der Waals surface area contributed by atoms with Gasteiger partial charge < -0.3 is 4.74 Å². The normalized spacial score (nSPS) is 18.2. The molecule has 5 nitrogen and oxygen atoms in total. The van der Waals surface area contributed by atoms with Crippen molar-refractivity contribution >= 4 is 11.0 Å². The van der Waals surface area contributed by atoms with E-state index in [0.717, 1.165) is 35.3 Å². The monoisotopic (exact) mass is 526 g/mol. The number of rotatable bonds is 7. The molecule has 0 N–H and O–H groups in total. The molecule has 0 saturated heterocycles. The van der Waals surface area contributed by atoms with Crippen LogP contribution in [0.1, 0.15) is 76.7 Å². The van der Waals surface area contributed by atoms with Gasteiger partial charge in [0, 0.05) is 17.6 Å². The highest BCUT2D eigenvalue weighted by molar-refractivity contribution is 5.77. The van der Waals surface area contributed by atoms with E-state index >= 15 is 0 Å². The molecule has 2 unspecified atom stereocenters. The second-order valence-corrected chi connectivity index (χ2v) is 11.3. The van der Waals surface area contributed by atoms with E-state index in [2.05, 4.69) is 81.7 Å². The first-order chi connectivity index (χ1) is 19.8. The predicted octanol–water partition coefficient (Wildman–Crippen LogP) is 7.32. The minimum atomic E-state index is 0.355. The number of aromatic nitrogens is 4. The summed E-state index contributed by atoms with van der Waals surface area (Å²) < 4.78 is 6.11. The van der Waals surface area contributed by atoms with Crippen molar-refractivity contribution in [3.05, 3.63) is 125 Å². The van der Waals surface area contributed by atoms with E-state index in [-0.39, 0.29) is 0 Å². The minimum Gasteiger partial charge on any atom is -0.471 e. The number of nitrogens with zero attached hydrogens (tertiary/aromatic N) is 4. The molecule has 200 valence electrons. The highest BCUT2D eigenvalue weighted by Crippen LogP contribution is 2.35. The van der Waals surface area contributed by atoms with Crippen LogP contribution in [0.2, 0.25) is 0 Å². The number of ether oxygens (including phenoxy) is 1. The van der Waals surface area contributed by atoms with Gasteiger partial charge in [-0.1, -0.05) is 48.5 Å². The van der Waals surface area contributed by atoms with Crippen LogP contribution in [0.15, 0.2) is 85.3 Å². The van der Waals surface area contributed by atoms with E-state index in [0.29, 0.717) is 24.3 Å². The number of aryl methyl sites for hydroxylation is 2. The molecular formula is C35H34N4O. The smallest absolute Gasteiger partial charge is 0.213 e. The van der Waals surface area contributed by atoms with E-state index in [1.807, 2.05) is 12.3 Å². The lowest BCUT2D eigenvalue weighted by molar-refractivity contribution is 0.289. The zero-order valence-corrected chi connectivity index (χ0v) is 22.8. The van der Waals surface area contributed by atoms with Gasteiger partial charge in [0.15, 0.2) is 5.65 Å². The zero-order valence-electron chi connectivity index (χ0n) is 22.8. The second-order valence-electron chi connectivity index (χ2n) is 11.3. The van der Waals surface area contributed by atoms with Crippen LogP contribution in [0.25, 0.3) is 11.0 Å². The first-order valence-electron chi connectivity index (χ1n) is 14.6. The SMILES string of the molecule is c1ccc2c(c1)CCCC2Cc1ccnc(OCc2ccc3c(CC4CCCc5ccccc54)ncnc3n2)c1. The van der Waals surface area contributed by atoms with Gasteiger partial charge in [-0.2, -0.15) is 0 Å². The molecule has 2 aliphatic carbocycles. The Morgan fingerprint density at radius 2 is 1.45 bits per heavy atom. The Labute approximate surface area is 235 Å². The van der Waals surface area contributed by atoms with Crippen molar-refractivity contribution in [1.29, 1.82) is 0 Å². The van der Waals surface area contributed by atoms with Crippen molar-refractivity contribution in [2.75, 3.05) is 0 Å². The maximum atomic E-state index is 6.11. The van der Waals surface area contributed by atoms with Crippen molar-refractivity contribution < 1.29 is 4.74 Å². The van der Waals surface area contributed by atoms with Crippen LogP contribution >= 0.6 is 0 Å². The Balaban J connectivity index is 1.04. The third-order valence-corrected chi connectivity index (χ3v) is 8.71. The van der Waals surface area contributed by atoms with Crippen molar-refractivity contribution in [3.63, 3.8) is 0 Å². The molecule has 3 aromatic heterocycles. The summed E-state index contributed by atoms with van der Waals surface area (Å²) in [7, 11) is 0. The van der Waals surface area contributed by atoms with Gasteiger partial charge in [-0.25, -0.2) is 19.9 Å². The fourth-order valence-electron chi connectivity index (χ4n) is 6.73. The maximum absolute atomic E-state index is 6.11. The fraction of sp³-hybridized carbons (Fsp3) is 0.314. The molecule has 0 aliphatic heterocycles. The molecule has 0 spiro atoms. The molecule has 5 heteroatoms. The van der Waals surface area contributed by atoms with Gasteiger partial charge in [-0.05, 0) is 109 Å². The van der Waals surface area contributed by atoms with Crippen LogP contribution in [0.4, 0.5) is 0 Å². The maximum Gasteiger partial charge on any atom is 0.213 e. The summed E-state index contributed by atoms with van der Waals surface area (Å²) in [6.45, 7) is 0.355. The fourth-order valence-corrected chi connectivity index (χ4v) is 6.73. The molecular weight excluding hydrogens is 492 g/mol. The summed E-state index contributed by atoms with van der Waals surface area (Å²) in [4.78, 5) is 18.5. The molecule has 5 aromatic rings. The van der Waals surface area contributed by atoms with Gasteiger partial charge >= 0.3 is 0 Å². The second kappa shape index (κ2) is 11.2. The molecule has 0 saturated carbocycles. The van der Waals surface area contributed by atoms with Crippen molar-refractivity contribution in [3.8, 4) is 5.88 Å². The Morgan fingerprint density at radius 1 is 0.725 bits per heavy atom. The summed E-state index contributed by atoms with van der Waals surface area (Å²) in [5, 5.41) is 1.03. The van der Waals surface area contributed by atoms with Gasteiger partial charge in [0.1, 0.15) is 12.9 Å². The third kappa shape index (κ3) is 5.21. The van der Waals surface area contributed by atoms with Crippen molar-refractivity contribution in [2.24, 2.45) is 0 Å². The lowest BCUT2D eigenvalue weighted by Crippen LogP contribution is -2.13. The highest BCUT2D eigenvalue weighted by atomic mass is 16.5. The number of benzene rings is 2. The van der Waals surface area contributed by atoms with Crippen molar-refractivity contribution in [2.45, 2.75) is 69.8 Å². The lowest BCUT2D eigenvalue weighted by atomic mass is 9.80. The Morgan fingerprint density at radius 3 is 2.23 bits per heavy atom. The van der Waals surface area contributed by atoms with E-state index in [9.17, 15) is 0 Å². The standard InChI is InChI=1S/C35H34N4O/c1-3-13-30-25(7-1)9-5-11-27(30)19-24-17-18-36-34(20-24)40-22-29-15-16-32-33(37-23-38-35(32)39-29)21-28-12-6-10-26-8-2-4-14-31(26)28/h1-4,7-8,13-18,20,23,27-28H,5-6,9-12,19,21-22H2. The van der Waals surface area contributed by atoms with Gasteiger partial charge in [-0.15, -0.1) is 0 Å². The van der Waals surface area contributed by atoms with Gasteiger partial charge in [0.2, 0.25) is 5.88 Å². The molecule has 2 aromatic carbocycles. The van der Waals surface area contributed by atoms with E-state index in [4.69, 9.17) is 9.72 Å². The summed E-state index contributed by atoms with van der Waals surface area (Å²) in [6, 6.07) is 26.1. The zero-order chi connectivity index (χ0) is 26.7. The first-order valence-corrected chi connectivity index (χ1v) is 14.6. The lowest BCUT2D eigenvalue weighted by Gasteiger charge is -2.25. The summed E-state index contributed by atoms with van der Waals surface area (Å²) in [5.74, 6) is 1.69. The average molecular weight is 527 g/mol. The molecule has 2 atom stereocenters. The summed E-state index contributed by atoms with van der Waals surface area (Å²) in [6.07, 6.45) is 12.7. The minimum absolute atomic E-state index is 0.355. The van der Waals surface area contributed by atoms with Gasteiger partial charge in [-0.3, -0.25) is 0 Å². The number of fused-ring (bicyclic) bond motifs is 3. The van der Waals surface area contributed by atoms with Crippen LogP contribution in [-0.2, 0) is 32.3 Å². The molecule has 2 aliphatic rings. The molecule has 40 heavy (non-hydrogen) atoms. The van der Waals surface area contributed by atoms with Crippen LogP contribution < -0.4 is 4.74 Å². The molecule has 3 heterocycles. The first kappa shape index (κ1) is 24.9. The van der Waals surface area contributed by atoms with Crippen LogP contribution in [0, 0.1) is 0 Å². The number of hydrogen-bond donors (Lipinski definition) is 0. The topological polar surface area (TPSA) is 60.8 Å². The van der Waals surface area contributed by atoms with Crippen molar-refractivity contribution in [1.82, 2.24) is 19.9 Å². The molecule has 7 rings (SSSR count). The molecule has 0 radical (unpaired) electrons. The van der Waals surface area contributed by atoms with Gasteiger partial charge in [0.05, 0.1) is 11.4 Å². The Kier molecular flexibility index (Phi) is 6.95. The molecule has 0 fully saturated rings.